The summed E-state index contributed by atoms with van der Waals surface area (Å²) in [6.07, 6.45) is 3.26. The summed E-state index contributed by atoms with van der Waals surface area (Å²) in [7, 11) is 1.59. The van der Waals surface area contributed by atoms with Gasteiger partial charge in [-0.2, -0.15) is 9.78 Å². The van der Waals surface area contributed by atoms with Crippen molar-refractivity contribution in [2.24, 2.45) is 5.10 Å². The zero-order chi connectivity index (χ0) is 23.9. The molecule has 0 aliphatic carbocycles. The van der Waals surface area contributed by atoms with E-state index in [9.17, 15) is 0 Å². The van der Waals surface area contributed by atoms with E-state index in [0.29, 0.717) is 39.1 Å². The van der Waals surface area contributed by atoms with Gasteiger partial charge in [0.1, 0.15) is 12.9 Å². The largest absolute Gasteiger partial charge is 0.493 e. The van der Waals surface area contributed by atoms with Crippen LogP contribution in [0.15, 0.2) is 77.2 Å². The van der Waals surface area contributed by atoms with E-state index in [0.717, 1.165) is 21.7 Å². The molecule has 0 saturated heterocycles. The summed E-state index contributed by atoms with van der Waals surface area (Å²) in [5, 5.41) is 15.0. The minimum Gasteiger partial charge on any atom is -0.493 e. The van der Waals surface area contributed by atoms with Gasteiger partial charge in [-0.25, -0.2) is 0 Å². The normalized spacial score (nSPS) is 11.2. The Labute approximate surface area is 216 Å². The van der Waals surface area contributed by atoms with Crippen LogP contribution in [0.1, 0.15) is 16.7 Å². The van der Waals surface area contributed by atoms with Crippen molar-refractivity contribution in [3.05, 3.63) is 98.7 Å². The van der Waals surface area contributed by atoms with Gasteiger partial charge in [0.2, 0.25) is 5.16 Å². The molecule has 0 N–H and O–H groups in total. The van der Waals surface area contributed by atoms with Crippen LogP contribution in [0.5, 0.6) is 11.5 Å². The molecule has 174 valence electrons. The fraction of sp³-hybridized carbons (Fsp3) is 0.125. The number of rotatable bonds is 9. The number of nitrogens with zero attached hydrogens (tertiary/aromatic N) is 4. The first-order valence-corrected chi connectivity index (χ1v) is 12.2. The Morgan fingerprint density at radius 1 is 0.971 bits per heavy atom. The molecule has 1 heterocycles. The lowest BCUT2D eigenvalue weighted by molar-refractivity contribution is 0.284. The lowest BCUT2D eigenvalue weighted by atomic mass is 10.2. The number of hydrogen-bond donors (Lipinski definition) is 0. The molecule has 4 aromatic rings. The summed E-state index contributed by atoms with van der Waals surface area (Å²) >= 11 is 19.8. The molecular formula is C24H19Cl3N4O2S. The summed E-state index contributed by atoms with van der Waals surface area (Å²) in [5.41, 5.74) is 2.75. The molecule has 0 spiro atoms. The molecule has 34 heavy (non-hydrogen) atoms. The summed E-state index contributed by atoms with van der Waals surface area (Å²) < 4.78 is 13.0. The van der Waals surface area contributed by atoms with Gasteiger partial charge in [0, 0.05) is 10.8 Å². The van der Waals surface area contributed by atoms with Crippen molar-refractivity contribution in [1.82, 2.24) is 14.9 Å². The van der Waals surface area contributed by atoms with E-state index in [1.54, 1.807) is 36.5 Å². The molecular weight excluding hydrogens is 515 g/mol. The van der Waals surface area contributed by atoms with Crippen LogP contribution in [0.2, 0.25) is 15.1 Å². The molecule has 1 aromatic heterocycles. The van der Waals surface area contributed by atoms with Crippen molar-refractivity contribution >= 4 is 52.8 Å². The molecule has 6 nitrogen and oxygen atoms in total. The number of aromatic nitrogens is 3. The highest BCUT2D eigenvalue weighted by Gasteiger charge is 2.09. The quantitative estimate of drug-likeness (QED) is 0.171. The van der Waals surface area contributed by atoms with E-state index in [2.05, 4.69) is 15.3 Å². The van der Waals surface area contributed by atoms with Crippen molar-refractivity contribution in [2.45, 2.75) is 17.5 Å². The third kappa shape index (κ3) is 6.24. The molecule has 0 atom stereocenters. The van der Waals surface area contributed by atoms with Gasteiger partial charge in [0.25, 0.3) is 0 Å². The highest BCUT2D eigenvalue weighted by molar-refractivity contribution is 7.98. The second-order valence-electron chi connectivity index (χ2n) is 7.03. The zero-order valence-corrected chi connectivity index (χ0v) is 21.1. The Bertz CT molecular complexity index is 1310. The summed E-state index contributed by atoms with van der Waals surface area (Å²) in [4.78, 5) is 0. The second kappa shape index (κ2) is 11.6. The minimum absolute atomic E-state index is 0.327. The van der Waals surface area contributed by atoms with Crippen LogP contribution in [0.25, 0.3) is 0 Å². The van der Waals surface area contributed by atoms with Crippen molar-refractivity contribution in [2.75, 3.05) is 7.11 Å². The van der Waals surface area contributed by atoms with E-state index in [1.807, 2.05) is 48.5 Å². The molecule has 3 aromatic carbocycles. The SMILES string of the molecule is COc1cc(/C=N/n2cnnc2SCc2ccccc2Cl)ccc1OCc1ccc(Cl)c(Cl)c1. The average Bonchev–Trinajstić information content (AvgIpc) is 3.30. The molecule has 0 radical (unpaired) electrons. The Kier molecular flexibility index (Phi) is 8.34. The summed E-state index contributed by atoms with van der Waals surface area (Å²) in [6, 6.07) is 18.6. The number of ether oxygens (including phenoxy) is 2. The maximum absolute atomic E-state index is 6.24. The van der Waals surface area contributed by atoms with Gasteiger partial charge < -0.3 is 9.47 Å². The number of methoxy groups -OCH3 is 1. The summed E-state index contributed by atoms with van der Waals surface area (Å²) in [6.45, 7) is 0.327. The van der Waals surface area contributed by atoms with Crippen LogP contribution < -0.4 is 9.47 Å². The first-order chi connectivity index (χ1) is 16.5. The van der Waals surface area contributed by atoms with E-state index in [1.165, 1.54) is 11.8 Å². The molecule has 10 heteroatoms. The van der Waals surface area contributed by atoms with Crippen LogP contribution in [0.4, 0.5) is 0 Å². The topological polar surface area (TPSA) is 61.5 Å². The predicted molar refractivity (Wildman–Crippen MR) is 138 cm³/mol. The lowest BCUT2D eigenvalue weighted by Gasteiger charge is -2.12. The standard InChI is InChI=1S/C24H19Cl3N4O2S/c1-32-23-11-16(7-9-22(23)33-13-17-6-8-20(26)21(27)10-17)12-29-31-15-28-30-24(31)34-14-18-4-2-3-5-19(18)25/h2-12,15H,13-14H2,1H3/b29-12+. The second-order valence-corrected chi connectivity index (χ2v) is 9.19. The van der Waals surface area contributed by atoms with Crippen LogP contribution >= 0.6 is 46.6 Å². The van der Waals surface area contributed by atoms with Crippen LogP contribution in [0, 0.1) is 0 Å². The fourth-order valence-electron chi connectivity index (χ4n) is 2.95. The average molecular weight is 534 g/mol. The van der Waals surface area contributed by atoms with Crippen molar-refractivity contribution in [1.29, 1.82) is 0 Å². The van der Waals surface area contributed by atoms with E-state index < -0.39 is 0 Å². The first-order valence-electron chi connectivity index (χ1n) is 10.1. The van der Waals surface area contributed by atoms with Gasteiger partial charge >= 0.3 is 0 Å². The molecule has 0 amide bonds. The number of halogens is 3. The van der Waals surface area contributed by atoms with Gasteiger partial charge in [-0.1, -0.05) is 70.8 Å². The maximum atomic E-state index is 6.24. The Hall–Kier alpha value is -2.71. The Morgan fingerprint density at radius 3 is 2.62 bits per heavy atom. The van der Waals surface area contributed by atoms with E-state index >= 15 is 0 Å². The maximum Gasteiger partial charge on any atom is 0.212 e. The number of thioether (sulfide) groups is 1. The van der Waals surface area contributed by atoms with E-state index in [-0.39, 0.29) is 0 Å². The lowest BCUT2D eigenvalue weighted by Crippen LogP contribution is -1.99. The van der Waals surface area contributed by atoms with Crippen molar-refractivity contribution < 1.29 is 9.47 Å². The third-order valence-corrected chi connectivity index (χ3v) is 6.80. The first kappa shape index (κ1) is 24.4. The molecule has 0 saturated carbocycles. The molecule has 0 aliphatic heterocycles. The Balaban J connectivity index is 1.42. The molecule has 0 bridgehead atoms. The highest BCUT2D eigenvalue weighted by atomic mass is 35.5. The number of hydrogen-bond acceptors (Lipinski definition) is 6. The van der Waals surface area contributed by atoms with Crippen molar-refractivity contribution in [3.8, 4) is 11.5 Å². The molecule has 4 rings (SSSR count). The van der Waals surface area contributed by atoms with Gasteiger partial charge in [0.05, 0.1) is 23.4 Å². The Morgan fingerprint density at radius 2 is 1.82 bits per heavy atom. The molecule has 0 fully saturated rings. The smallest absolute Gasteiger partial charge is 0.212 e. The third-order valence-electron chi connectivity index (χ3n) is 4.71. The molecule has 0 unspecified atom stereocenters. The zero-order valence-electron chi connectivity index (χ0n) is 18.0. The van der Waals surface area contributed by atoms with Crippen LogP contribution in [0.3, 0.4) is 0 Å². The van der Waals surface area contributed by atoms with E-state index in [4.69, 9.17) is 44.3 Å². The van der Waals surface area contributed by atoms with Gasteiger partial charge in [0.15, 0.2) is 11.5 Å². The van der Waals surface area contributed by atoms with Crippen molar-refractivity contribution in [3.63, 3.8) is 0 Å². The highest BCUT2D eigenvalue weighted by Crippen LogP contribution is 2.30. The summed E-state index contributed by atoms with van der Waals surface area (Å²) in [5.74, 6) is 1.85. The van der Waals surface area contributed by atoms with Gasteiger partial charge in [-0.05, 0) is 53.1 Å². The molecule has 0 aliphatic rings. The number of benzene rings is 3. The van der Waals surface area contributed by atoms with Crippen LogP contribution in [-0.4, -0.2) is 28.2 Å². The minimum atomic E-state index is 0.327. The van der Waals surface area contributed by atoms with Gasteiger partial charge in [-0.3, -0.25) is 0 Å². The predicted octanol–water partition coefficient (Wildman–Crippen LogP) is 7.00. The monoisotopic (exact) mass is 532 g/mol. The van der Waals surface area contributed by atoms with Crippen LogP contribution in [-0.2, 0) is 12.4 Å². The van der Waals surface area contributed by atoms with Gasteiger partial charge in [-0.15, -0.1) is 10.2 Å². The fourth-order valence-corrected chi connectivity index (χ4v) is 4.42.